The number of aliphatic hydroxyl groups excluding tert-OH is 11. The van der Waals surface area contributed by atoms with Crippen LogP contribution < -0.4 is 5.32 Å². The van der Waals surface area contributed by atoms with E-state index in [1.165, 1.54) is 116 Å². The molecular weight excluding hydrogens is 1010 g/mol. The lowest BCUT2D eigenvalue weighted by Gasteiger charge is -2.48. The molecule has 1 amide bonds. The first-order valence-corrected chi connectivity index (χ1v) is 30.2. The Kier molecular flexibility index (Phi) is 38.5. The Labute approximate surface area is 466 Å². The summed E-state index contributed by atoms with van der Waals surface area (Å²) in [5.74, 6) is -0.289. The SMILES string of the molecule is CCCCCCCC/C=C\CCCCCCCCCCCC(=O)NC(COC1OC(CO)C(OC2OC(CO)C(OC3OC(CO)C(O)C(O)C3O)C(O)C2O)C(O)C1O)C(O)/C=C/CC/C=C/CCCCCCCCCC. The first-order chi connectivity index (χ1) is 37.8. The van der Waals surface area contributed by atoms with Gasteiger partial charge in [-0.2, -0.15) is 0 Å². The second-order valence-corrected chi connectivity index (χ2v) is 21.8. The molecule has 0 saturated carbocycles. The molecule has 0 aliphatic carbocycles. The van der Waals surface area contributed by atoms with Crippen LogP contribution in [0.25, 0.3) is 0 Å². The Balaban J connectivity index is 1.51. The second-order valence-electron chi connectivity index (χ2n) is 21.8. The van der Waals surface area contributed by atoms with Crippen LogP contribution in [0.1, 0.15) is 200 Å². The fraction of sp³-hybridized carbons (Fsp3) is 0.881. The summed E-state index contributed by atoms with van der Waals surface area (Å²) in [7, 11) is 0. The third-order valence-corrected chi connectivity index (χ3v) is 15.2. The zero-order valence-electron chi connectivity index (χ0n) is 47.4. The summed E-state index contributed by atoms with van der Waals surface area (Å²) < 4.78 is 34.2. The van der Waals surface area contributed by atoms with Gasteiger partial charge in [-0.3, -0.25) is 4.79 Å². The van der Waals surface area contributed by atoms with Crippen molar-refractivity contribution in [2.75, 3.05) is 26.4 Å². The summed E-state index contributed by atoms with van der Waals surface area (Å²) in [6.45, 7) is 1.68. The van der Waals surface area contributed by atoms with Crippen LogP contribution in [-0.4, -0.2) is 193 Å². The third kappa shape index (κ3) is 26.5. The average molecular weight is 1120 g/mol. The summed E-state index contributed by atoms with van der Waals surface area (Å²) in [5, 5.41) is 120. The van der Waals surface area contributed by atoms with Crippen LogP contribution in [0.5, 0.6) is 0 Å². The van der Waals surface area contributed by atoms with E-state index in [0.29, 0.717) is 12.8 Å². The molecule has 19 heteroatoms. The van der Waals surface area contributed by atoms with E-state index in [-0.39, 0.29) is 18.9 Å². The van der Waals surface area contributed by atoms with E-state index in [9.17, 15) is 61.0 Å². The molecule has 0 aromatic heterocycles. The van der Waals surface area contributed by atoms with Crippen LogP contribution in [0.4, 0.5) is 0 Å². The van der Waals surface area contributed by atoms with Crippen molar-refractivity contribution in [3.63, 3.8) is 0 Å². The van der Waals surface area contributed by atoms with Gasteiger partial charge in [0.2, 0.25) is 5.91 Å². The van der Waals surface area contributed by atoms with Crippen LogP contribution in [0.2, 0.25) is 0 Å². The van der Waals surface area contributed by atoms with Crippen molar-refractivity contribution in [2.24, 2.45) is 0 Å². The predicted octanol–water partition coefficient (Wildman–Crippen LogP) is 5.32. The fourth-order valence-electron chi connectivity index (χ4n) is 10.1. The molecule has 12 N–H and O–H groups in total. The molecule has 3 heterocycles. The monoisotopic (exact) mass is 1120 g/mol. The zero-order chi connectivity index (χ0) is 56.9. The molecule has 456 valence electrons. The number of allylic oxidation sites excluding steroid dienone is 5. The largest absolute Gasteiger partial charge is 0.394 e. The molecule has 17 unspecified atom stereocenters. The average Bonchev–Trinajstić information content (AvgIpc) is 3.45. The summed E-state index contributed by atoms with van der Waals surface area (Å²) in [6.07, 6.45) is 18.4. The smallest absolute Gasteiger partial charge is 0.220 e. The number of unbranched alkanes of at least 4 members (excludes halogenated alkanes) is 24. The first kappa shape index (κ1) is 70.3. The lowest BCUT2D eigenvalue weighted by Crippen LogP contribution is -2.66. The summed E-state index contributed by atoms with van der Waals surface area (Å²) in [5.41, 5.74) is 0. The van der Waals surface area contributed by atoms with Crippen LogP contribution >= 0.6 is 0 Å². The van der Waals surface area contributed by atoms with Gasteiger partial charge in [0.25, 0.3) is 0 Å². The van der Waals surface area contributed by atoms with Crippen molar-refractivity contribution >= 4 is 5.91 Å². The number of amides is 1. The number of nitrogens with one attached hydrogen (secondary N) is 1. The Bertz CT molecular complexity index is 1570. The van der Waals surface area contributed by atoms with Crippen LogP contribution in [0.15, 0.2) is 36.5 Å². The van der Waals surface area contributed by atoms with Gasteiger partial charge in [-0.15, -0.1) is 0 Å². The normalized spacial score (nSPS) is 30.7. The maximum atomic E-state index is 13.3. The van der Waals surface area contributed by atoms with Crippen LogP contribution in [0.3, 0.4) is 0 Å². The molecule has 0 radical (unpaired) electrons. The number of hydrogen-bond donors (Lipinski definition) is 12. The molecule has 19 nitrogen and oxygen atoms in total. The summed E-state index contributed by atoms with van der Waals surface area (Å²) in [4.78, 5) is 13.3. The van der Waals surface area contributed by atoms with Gasteiger partial charge in [0, 0.05) is 6.42 Å². The van der Waals surface area contributed by atoms with Crippen molar-refractivity contribution in [3.8, 4) is 0 Å². The van der Waals surface area contributed by atoms with Crippen molar-refractivity contribution in [1.29, 1.82) is 0 Å². The molecule has 0 spiro atoms. The number of aliphatic hydroxyl groups is 11. The Hall–Kier alpha value is -1.99. The highest BCUT2D eigenvalue weighted by Crippen LogP contribution is 2.33. The van der Waals surface area contributed by atoms with E-state index < -0.39 is 124 Å². The van der Waals surface area contributed by atoms with Gasteiger partial charge in [-0.25, -0.2) is 0 Å². The highest BCUT2D eigenvalue weighted by molar-refractivity contribution is 5.76. The molecule has 3 aliphatic heterocycles. The third-order valence-electron chi connectivity index (χ3n) is 15.2. The lowest BCUT2D eigenvalue weighted by molar-refractivity contribution is -0.379. The van der Waals surface area contributed by atoms with Gasteiger partial charge < -0.3 is 89.9 Å². The van der Waals surface area contributed by atoms with Crippen molar-refractivity contribution < 1.29 is 89.4 Å². The van der Waals surface area contributed by atoms with E-state index >= 15 is 0 Å². The summed E-state index contributed by atoms with van der Waals surface area (Å²) >= 11 is 0. The fourth-order valence-corrected chi connectivity index (χ4v) is 10.1. The minimum Gasteiger partial charge on any atom is -0.394 e. The molecular formula is C59H107NO18. The Morgan fingerprint density at radius 2 is 0.821 bits per heavy atom. The van der Waals surface area contributed by atoms with Gasteiger partial charge in [-0.1, -0.05) is 172 Å². The van der Waals surface area contributed by atoms with Gasteiger partial charge in [0.1, 0.15) is 73.2 Å². The Morgan fingerprint density at radius 1 is 0.449 bits per heavy atom. The molecule has 0 bridgehead atoms. The molecule has 3 aliphatic rings. The molecule has 3 rings (SSSR count). The van der Waals surface area contributed by atoms with E-state index in [1.54, 1.807) is 6.08 Å². The van der Waals surface area contributed by atoms with Gasteiger partial charge in [0.15, 0.2) is 18.9 Å². The van der Waals surface area contributed by atoms with E-state index in [4.69, 9.17) is 28.4 Å². The second kappa shape index (κ2) is 42.8. The molecule has 3 fully saturated rings. The number of hydrogen-bond acceptors (Lipinski definition) is 18. The number of carbonyl (C=O) groups is 1. The minimum atomic E-state index is -1.98. The van der Waals surface area contributed by atoms with Crippen molar-refractivity contribution in [1.82, 2.24) is 5.32 Å². The standard InChI is InChI=1S/C59H107NO18/c1-3-5-7-9-11-13-15-17-19-20-21-22-23-25-27-29-31-33-35-37-47(65)60-42(43(64)36-34-32-30-28-26-24-18-16-14-12-10-8-6-4-2)41-73-57-53(71)50(68)55(45(39-62)75-57)78-59-54(72)51(69)56(46(40-63)76-59)77-58-52(70)49(67)48(66)44(38-61)74-58/h17,19,26,28,34,36,42-46,48-59,61-64,66-72H,3-16,18,20-25,27,29-33,35,37-41H2,1-2H3,(H,60,65)/b19-17-,28-26+,36-34+. The predicted molar refractivity (Wildman–Crippen MR) is 296 cm³/mol. The number of carbonyl (C=O) groups excluding carboxylic acids is 1. The van der Waals surface area contributed by atoms with E-state index in [1.807, 2.05) is 6.08 Å². The highest BCUT2D eigenvalue weighted by Gasteiger charge is 2.53. The quantitative estimate of drug-likeness (QED) is 0.0271. The van der Waals surface area contributed by atoms with Crippen molar-refractivity contribution in [2.45, 2.75) is 304 Å². The van der Waals surface area contributed by atoms with Crippen molar-refractivity contribution in [3.05, 3.63) is 36.5 Å². The Morgan fingerprint density at radius 3 is 1.28 bits per heavy atom. The van der Waals surface area contributed by atoms with Gasteiger partial charge in [-0.05, 0) is 57.8 Å². The van der Waals surface area contributed by atoms with Gasteiger partial charge >= 0.3 is 0 Å². The topological polar surface area (TPSA) is 307 Å². The molecule has 3 saturated heterocycles. The first-order valence-electron chi connectivity index (χ1n) is 30.2. The van der Waals surface area contributed by atoms with E-state index in [2.05, 4.69) is 43.5 Å². The maximum absolute atomic E-state index is 13.3. The van der Waals surface area contributed by atoms with Crippen LogP contribution in [0, 0.1) is 0 Å². The highest BCUT2D eigenvalue weighted by atomic mass is 16.8. The number of rotatable bonds is 44. The summed E-state index contributed by atoms with van der Waals surface area (Å²) in [6, 6.07) is -0.989. The van der Waals surface area contributed by atoms with Crippen LogP contribution in [-0.2, 0) is 33.2 Å². The van der Waals surface area contributed by atoms with E-state index in [0.717, 1.165) is 51.4 Å². The number of ether oxygens (including phenoxy) is 6. The molecule has 0 aromatic carbocycles. The lowest BCUT2D eigenvalue weighted by atomic mass is 9.96. The van der Waals surface area contributed by atoms with Gasteiger partial charge in [0.05, 0.1) is 38.6 Å². The molecule has 0 aromatic rings. The molecule has 78 heavy (non-hydrogen) atoms. The minimum absolute atomic E-state index is 0.234. The molecule has 17 atom stereocenters. The zero-order valence-corrected chi connectivity index (χ0v) is 47.4. The maximum Gasteiger partial charge on any atom is 0.220 e.